The molecule has 2 N–H and O–H groups in total. The number of nitrogens with zero attached hydrogens (tertiary/aromatic N) is 1. The van der Waals surface area contributed by atoms with E-state index in [9.17, 15) is 0 Å². The third kappa shape index (κ3) is 2.66. The van der Waals surface area contributed by atoms with E-state index in [2.05, 4.69) is 15.6 Å². The molecule has 0 radical (unpaired) electrons. The zero-order valence-electron chi connectivity index (χ0n) is 10.5. The molecule has 0 fully saturated rings. The van der Waals surface area contributed by atoms with E-state index in [-0.39, 0.29) is 6.04 Å². The number of aromatic nitrogens is 1. The number of pyridine rings is 1. The van der Waals surface area contributed by atoms with Gasteiger partial charge in [0.2, 0.25) is 0 Å². The van der Waals surface area contributed by atoms with E-state index in [0.717, 1.165) is 17.0 Å². The molecular weight excluding hydrogens is 290 g/mol. The van der Waals surface area contributed by atoms with Gasteiger partial charge in [0.05, 0.1) is 17.4 Å². The Balaban J connectivity index is 2.01. The summed E-state index contributed by atoms with van der Waals surface area (Å²) >= 11 is 11.5. The molecule has 1 aliphatic heterocycles. The van der Waals surface area contributed by atoms with E-state index in [4.69, 9.17) is 23.8 Å². The van der Waals surface area contributed by atoms with Gasteiger partial charge in [-0.15, -0.1) is 0 Å². The summed E-state index contributed by atoms with van der Waals surface area (Å²) in [6.45, 7) is 0. The van der Waals surface area contributed by atoms with Crippen molar-refractivity contribution in [2.75, 3.05) is 0 Å². The van der Waals surface area contributed by atoms with Crippen molar-refractivity contribution in [3.63, 3.8) is 0 Å². The largest absolute Gasteiger partial charge is 0.352 e. The fraction of sp³-hybridized carbons (Fsp3) is 0.0667. The summed E-state index contributed by atoms with van der Waals surface area (Å²) < 4.78 is 0. The predicted octanol–water partition coefficient (Wildman–Crippen LogP) is 3.29. The number of halogens is 1. The summed E-state index contributed by atoms with van der Waals surface area (Å²) in [5.41, 5.74) is 2.74. The van der Waals surface area contributed by atoms with Gasteiger partial charge in [0, 0.05) is 11.2 Å². The van der Waals surface area contributed by atoms with Crippen molar-refractivity contribution in [1.82, 2.24) is 15.6 Å². The van der Waals surface area contributed by atoms with Gasteiger partial charge in [-0.05, 0) is 42.1 Å². The molecule has 0 saturated heterocycles. The summed E-state index contributed by atoms with van der Waals surface area (Å²) in [5, 5.41) is 7.61. The van der Waals surface area contributed by atoms with Gasteiger partial charge in [0.1, 0.15) is 0 Å². The van der Waals surface area contributed by atoms with Gasteiger partial charge < -0.3 is 10.6 Å². The highest BCUT2D eigenvalue weighted by Crippen LogP contribution is 2.27. The molecule has 0 bridgehead atoms. The van der Waals surface area contributed by atoms with Crippen molar-refractivity contribution in [3.05, 3.63) is 71.0 Å². The SMILES string of the molecule is S=C1NC(c2ccccn2)=CC(c2ccccc2Cl)N1. The molecule has 0 aliphatic carbocycles. The van der Waals surface area contributed by atoms with Crippen LogP contribution in [-0.2, 0) is 0 Å². The van der Waals surface area contributed by atoms with Crippen molar-refractivity contribution in [1.29, 1.82) is 0 Å². The molecule has 0 amide bonds. The zero-order valence-corrected chi connectivity index (χ0v) is 12.1. The van der Waals surface area contributed by atoms with Crippen LogP contribution in [0.15, 0.2) is 54.7 Å². The lowest BCUT2D eigenvalue weighted by Gasteiger charge is -2.26. The maximum absolute atomic E-state index is 6.25. The second kappa shape index (κ2) is 5.61. The highest BCUT2D eigenvalue weighted by Gasteiger charge is 2.20. The fourth-order valence-corrected chi connectivity index (χ4v) is 2.61. The predicted molar refractivity (Wildman–Crippen MR) is 85.3 cm³/mol. The summed E-state index contributed by atoms with van der Waals surface area (Å²) in [7, 11) is 0. The van der Waals surface area contributed by atoms with Crippen LogP contribution in [-0.4, -0.2) is 10.1 Å². The summed E-state index contributed by atoms with van der Waals surface area (Å²) in [4.78, 5) is 4.34. The van der Waals surface area contributed by atoms with Gasteiger partial charge in [-0.3, -0.25) is 4.98 Å². The first-order valence-corrected chi connectivity index (χ1v) is 6.98. The topological polar surface area (TPSA) is 37.0 Å². The summed E-state index contributed by atoms with van der Waals surface area (Å²) in [6, 6.07) is 13.4. The monoisotopic (exact) mass is 301 g/mol. The number of rotatable bonds is 2. The molecule has 100 valence electrons. The van der Waals surface area contributed by atoms with E-state index in [0.29, 0.717) is 10.1 Å². The van der Waals surface area contributed by atoms with Crippen molar-refractivity contribution in [3.8, 4) is 0 Å². The lowest BCUT2D eigenvalue weighted by atomic mass is 10.0. The molecule has 1 unspecified atom stereocenters. The number of nitrogens with one attached hydrogen (secondary N) is 2. The highest BCUT2D eigenvalue weighted by molar-refractivity contribution is 7.80. The van der Waals surface area contributed by atoms with E-state index in [1.54, 1.807) is 6.20 Å². The van der Waals surface area contributed by atoms with Crippen LogP contribution in [0.2, 0.25) is 5.02 Å². The van der Waals surface area contributed by atoms with Crippen LogP contribution in [0.1, 0.15) is 17.3 Å². The molecule has 3 nitrogen and oxygen atoms in total. The van der Waals surface area contributed by atoms with Crippen LogP contribution in [0.4, 0.5) is 0 Å². The zero-order chi connectivity index (χ0) is 13.9. The molecule has 2 aromatic rings. The smallest absolute Gasteiger partial charge is 0.171 e. The average molecular weight is 302 g/mol. The van der Waals surface area contributed by atoms with Gasteiger partial charge in [0.25, 0.3) is 0 Å². The first-order valence-electron chi connectivity index (χ1n) is 6.19. The van der Waals surface area contributed by atoms with Gasteiger partial charge in [0.15, 0.2) is 5.11 Å². The average Bonchev–Trinajstić information content (AvgIpc) is 2.48. The number of thiocarbonyl (C=S) groups is 1. The Morgan fingerprint density at radius 1 is 1.10 bits per heavy atom. The van der Waals surface area contributed by atoms with Crippen LogP contribution in [0, 0.1) is 0 Å². The Morgan fingerprint density at radius 3 is 2.65 bits per heavy atom. The fourth-order valence-electron chi connectivity index (χ4n) is 2.12. The normalized spacial score (nSPS) is 17.9. The van der Waals surface area contributed by atoms with Gasteiger partial charge in [-0.25, -0.2) is 0 Å². The second-order valence-electron chi connectivity index (χ2n) is 4.39. The Bertz CT molecular complexity index is 670. The van der Waals surface area contributed by atoms with Crippen LogP contribution in [0.5, 0.6) is 0 Å². The maximum Gasteiger partial charge on any atom is 0.171 e. The first-order chi connectivity index (χ1) is 9.74. The maximum atomic E-state index is 6.25. The number of benzene rings is 1. The third-order valence-corrected chi connectivity index (χ3v) is 3.61. The Hall–Kier alpha value is -1.91. The van der Waals surface area contributed by atoms with Crippen molar-refractivity contribution in [2.24, 2.45) is 0 Å². The molecular formula is C15H12ClN3S. The minimum Gasteiger partial charge on any atom is -0.352 e. The van der Waals surface area contributed by atoms with E-state index < -0.39 is 0 Å². The summed E-state index contributed by atoms with van der Waals surface area (Å²) in [5.74, 6) is 0. The van der Waals surface area contributed by atoms with Crippen molar-refractivity contribution in [2.45, 2.75) is 6.04 Å². The molecule has 20 heavy (non-hydrogen) atoms. The standard InChI is InChI=1S/C15H12ClN3S/c16-11-6-2-1-5-10(11)13-9-14(19-15(20)18-13)12-7-3-4-8-17-12/h1-9,13H,(H2,18,19,20). The van der Waals surface area contributed by atoms with E-state index >= 15 is 0 Å². The van der Waals surface area contributed by atoms with E-state index in [1.807, 2.05) is 48.5 Å². The van der Waals surface area contributed by atoms with E-state index in [1.165, 1.54) is 0 Å². The molecule has 1 aromatic carbocycles. The Kier molecular flexibility index (Phi) is 3.67. The van der Waals surface area contributed by atoms with Crippen LogP contribution >= 0.6 is 23.8 Å². The molecule has 0 saturated carbocycles. The highest BCUT2D eigenvalue weighted by atomic mass is 35.5. The van der Waals surface area contributed by atoms with Crippen molar-refractivity contribution < 1.29 is 0 Å². The van der Waals surface area contributed by atoms with Crippen LogP contribution in [0.25, 0.3) is 5.70 Å². The molecule has 5 heteroatoms. The minimum atomic E-state index is -0.0607. The Morgan fingerprint density at radius 2 is 1.90 bits per heavy atom. The van der Waals surface area contributed by atoms with Gasteiger partial charge in [-0.2, -0.15) is 0 Å². The lowest BCUT2D eigenvalue weighted by molar-refractivity contribution is 0.764. The molecule has 1 aromatic heterocycles. The molecule has 0 spiro atoms. The van der Waals surface area contributed by atoms with Crippen LogP contribution < -0.4 is 10.6 Å². The van der Waals surface area contributed by atoms with Gasteiger partial charge >= 0.3 is 0 Å². The number of hydrogen-bond acceptors (Lipinski definition) is 2. The molecule has 1 aliphatic rings. The van der Waals surface area contributed by atoms with Crippen LogP contribution in [0.3, 0.4) is 0 Å². The molecule has 2 heterocycles. The lowest BCUT2D eigenvalue weighted by Crippen LogP contribution is -2.40. The molecule has 3 rings (SSSR count). The minimum absolute atomic E-state index is 0.0607. The molecule has 1 atom stereocenters. The third-order valence-electron chi connectivity index (χ3n) is 3.05. The second-order valence-corrected chi connectivity index (χ2v) is 5.21. The Labute approximate surface area is 127 Å². The summed E-state index contributed by atoms with van der Waals surface area (Å²) in [6.07, 6.45) is 3.80. The first kappa shape index (κ1) is 13.1. The quantitative estimate of drug-likeness (QED) is 0.835. The van der Waals surface area contributed by atoms with Crippen molar-refractivity contribution >= 4 is 34.6 Å². The number of hydrogen-bond donors (Lipinski definition) is 2. The van der Waals surface area contributed by atoms with Gasteiger partial charge in [-0.1, -0.05) is 35.9 Å².